The van der Waals surface area contributed by atoms with Gasteiger partial charge in [0.15, 0.2) is 16.9 Å². The van der Waals surface area contributed by atoms with E-state index in [9.17, 15) is 9.90 Å². The van der Waals surface area contributed by atoms with Crippen molar-refractivity contribution in [2.75, 3.05) is 6.54 Å². The fourth-order valence-electron chi connectivity index (χ4n) is 2.51. The molecule has 0 bridgehead atoms. The van der Waals surface area contributed by atoms with Gasteiger partial charge in [-0.1, -0.05) is 0 Å². The van der Waals surface area contributed by atoms with E-state index < -0.39 is 5.91 Å². The summed E-state index contributed by atoms with van der Waals surface area (Å²) in [5.74, 6) is 4.80. The Morgan fingerprint density at radius 1 is 1.50 bits per heavy atom. The third-order valence-electron chi connectivity index (χ3n) is 3.51. The molecule has 2 aromatic heterocycles. The van der Waals surface area contributed by atoms with Gasteiger partial charge in [-0.25, -0.2) is 0 Å². The summed E-state index contributed by atoms with van der Waals surface area (Å²) in [5, 5.41) is 14.8. The number of hydrogen-bond acceptors (Lipinski definition) is 5. The highest BCUT2D eigenvalue weighted by molar-refractivity contribution is 6.19. The molecule has 3 rings (SSSR count). The number of carbonyl (C=O) groups excluding carboxylic acids is 1. The van der Waals surface area contributed by atoms with Crippen LogP contribution in [0.4, 0.5) is 0 Å². The first-order valence-corrected chi connectivity index (χ1v) is 6.07. The van der Waals surface area contributed by atoms with E-state index in [1.165, 1.54) is 0 Å². The van der Waals surface area contributed by atoms with Crippen LogP contribution < -0.4 is 11.3 Å². The number of amides is 1. The topological polar surface area (TPSA) is 96.7 Å². The lowest BCUT2D eigenvalue weighted by Crippen LogP contribution is -2.44. The van der Waals surface area contributed by atoms with Gasteiger partial charge < -0.3 is 20.3 Å². The second-order valence-electron chi connectivity index (χ2n) is 4.65. The Morgan fingerprint density at radius 2 is 2.25 bits per heavy atom. The highest BCUT2D eigenvalue weighted by Crippen LogP contribution is 2.28. The molecule has 0 fully saturated rings. The molecular weight excluding hydrogens is 257 g/mol. The number of nitrogens with zero attached hydrogens (tertiary/aromatic N) is 4. The first-order chi connectivity index (χ1) is 9.56. The number of aromatic nitrogens is 2. The van der Waals surface area contributed by atoms with Gasteiger partial charge in [-0.2, -0.15) is 5.10 Å². The van der Waals surface area contributed by atoms with Crippen molar-refractivity contribution < 1.29 is 9.90 Å². The fraction of sp³-hybridized carbons (Fsp3) is 0.250. The summed E-state index contributed by atoms with van der Waals surface area (Å²) < 4.78 is 1.58. The van der Waals surface area contributed by atoms with Gasteiger partial charge in [0.1, 0.15) is 5.52 Å². The predicted molar refractivity (Wildman–Crippen MR) is 72.7 cm³/mol. The Kier molecular flexibility index (Phi) is 2.67. The van der Waals surface area contributed by atoms with Crippen molar-refractivity contribution in [1.29, 1.82) is 0 Å². The van der Waals surface area contributed by atoms with Crippen LogP contribution in [0.5, 0.6) is 5.75 Å². The quantitative estimate of drug-likeness (QED) is 0.378. The molecule has 3 heterocycles. The molecule has 8 heteroatoms. The van der Waals surface area contributed by atoms with Gasteiger partial charge in [-0.05, 0) is 18.6 Å². The minimum atomic E-state index is -0.483. The molecule has 0 spiro atoms. The first kappa shape index (κ1) is 12.5. The third kappa shape index (κ3) is 1.51. The van der Waals surface area contributed by atoms with Gasteiger partial charge in [-0.3, -0.25) is 9.78 Å². The molecule has 1 amide bonds. The van der Waals surface area contributed by atoms with Crippen LogP contribution in [0.1, 0.15) is 16.1 Å². The van der Waals surface area contributed by atoms with E-state index in [4.69, 9.17) is 13.8 Å². The molecule has 2 aromatic rings. The van der Waals surface area contributed by atoms with E-state index in [1.807, 2.05) is 6.92 Å². The molecular formula is C12H12BN5O2. The summed E-state index contributed by atoms with van der Waals surface area (Å²) in [4.78, 5) is 17.3. The van der Waals surface area contributed by atoms with E-state index in [-0.39, 0.29) is 11.4 Å². The van der Waals surface area contributed by atoms with Crippen molar-refractivity contribution in [3.63, 3.8) is 0 Å². The standard InChI is InChI=1S/C12H12BN5O2/c1-6-2-3-15-8-7(6)11(16-14)17-4-5-18(13)12(20)9(17)10(8)19/h2-3,19H,4-5,14H2,1H3/b16-11-. The van der Waals surface area contributed by atoms with E-state index in [0.29, 0.717) is 29.5 Å². The van der Waals surface area contributed by atoms with Crippen LogP contribution in [-0.2, 0) is 6.54 Å². The number of aromatic hydroxyl groups is 1. The lowest BCUT2D eigenvalue weighted by atomic mass is 10.1. The van der Waals surface area contributed by atoms with Crippen LogP contribution in [0.15, 0.2) is 17.4 Å². The minimum absolute atomic E-state index is 0.0635. The van der Waals surface area contributed by atoms with Gasteiger partial charge in [0, 0.05) is 19.3 Å². The molecule has 20 heavy (non-hydrogen) atoms. The van der Waals surface area contributed by atoms with E-state index in [0.717, 1.165) is 10.4 Å². The molecule has 0 saturated heterocycles. The van der Waals surface area contributed by atoms with Gasteiger partial charge in [0.25, 0.3) is 5.91 Å². The Bertz CT molecular complexity index is 799. The van der Waals surface area contributed by atoms with Gasteiger partial charge in [-0.15, -0.1) is 0 Å². The lowest BCUT2D eigenvalue weighted by Gasteiger charge is -2.28. The number of pyridine rings is 2. The lowest BCUT2D eigenvalue weighted by molar-refractivity contribution is 0.0818. The van der Waals surface area contributed by atoms with Crippen molar-refractivity contribution >= 4 is 24.8 Å². The third-order valence-corrected chi connectivity index (χ3v) is 3.51. The summed E-state index contributed by atoms with van der Waals surface area (Å²) in [5.41, 5.74) is 1.64. The maximum absolute atomic E-state index is 12.1. The summed E-state index contributed by atoms with van der Waals surface area (Å²) >= 11 is 0. The van der Waals surface area contributed by atoms with Gasteiger partial charge in [0.2, 0.25) is 7.98 Å². The zero-order valence-electron chi connectivity index (χ0n) is 10.9. The Balaban J connectivity index is 2.56. The van der Waals surface area contributed by atoms with E-state index in [2.05, 4.69) is 10.1 Å². The SMILES string of the molecule is [B]N1CCn2c(c(O)c3nccc(C)c3/c2=N/N)C1=O. The minimum Gasteiger partial charge on any atom is -0.504 e. The first-order valence-electron chi connectivity index (χ1n) is 6.07. The van der Waals surface area contributed by atoms with Crippen LogP contribution in [0.2, 0.25) is 0 Å². The average Bonchev–Trinajstić information content (AvgIpc) is 2.44. The molecule has 2 radical (unpaired) electrons. The number of hydrogen-bond donors (Lipinski definition) is 2. The zero-order chi connectivity index (χ0) is 14.4. The van der Waals surface area contributed by atoms with Crippen LogP contribution in [0.25, 0.3) is 10.9 Å². The predicted octanol–water partition coefficient (Wildman–Crippen LogP) is -0.636. The van der Waals surface area contributed by atoms with Crippen LogP contribution in [0.3, 0.4) is 0 Å². The van der Waals surface area contributed by atoms with Crippen molar-refractivity contribution in [2.45, 2.75) is 13.5 Å². The van der Waals surface area contributed by atoms with E-state index in [1.54, 1.807) is 16.8 Å². The number of rotatable bonds is 0. The summed E-state index contributed by atoms with van der Waals surface area (Å²) in [6, 6.07) is 1.79. The Labute approximate surface area is 115 Å². The van der Waals surface area contributed by atoms with Gasteiger partial charge in [0.05, 0.1) is 5.39 Å². The number of aryl methyl sites for hydroxylation is 1. The highest BCUT2D eigenvalue weighted by Gasteiger charge is 2.28. The molecule has 1 aliphatic rings. The second kappa shape index (κ2) is 4.26. The molecule has 0 atom stereocenters. The normalized spacial score (nSPS) is 15.8. The Morgan fingerprint density at radius 3 is 2.95 bits per heavy atom. The molecule has 0 aromatic carbocycles. The van der Waals surface area contributed by atoms with Crippen molar-refractivity contribution in [3.05, 3.63) is 29.0 Å². The van der Waals surface area contributed by atoms with Gasteiger partial charge >= 0.3 is 0 Å². The summed E-state index contributed by atoms with van der Waals surface area (Å²) in [6.45, 7) is 2.60. The summed E-state index contributed by atoms with van der Waals surface area (Å²) in [6.07, 6.45) is 1.56. The zero-order valence-corrected chi connectivity index (χ0v) is 10.9. The number of nitrogens with two attached hydrogens (primary N) is 1. The molecule has 3 N–H and O–H groups in total. The Hall–Kier alpha value is -2.51. The van der Waals surface area contributed by atoms with E-state index >= 15 is 0 Å². The molecule has 0 aliphatic carbocycles. The fourth-order valence-corrected chi connectivity index (χ4v) is 2.51. The van der Waals surface area contributed by atoms with Crippen LogP contribution in [-0.4, -0.2) is 39.9 Å². The van der Waals surface area contributed by atoms with Crippen molar-refractivity contribution in [3.8, 4) is 5.75 Å². The van der Waals surface area contributed by atoms with Crippen LogP contribution >= 0.6 is 0 Å². The molecule has 100 valence electrons. The summed E-state index contributed by atoms with van der Waals surface area (Å²) in [7, 11) is 5.60. The number of carbonyl (C=O) groups is 1. The largest absolute Gasteiger partial charge is 0.504 e. The average molecular weight is 269 g/mol. The number of fused-ring (bicyclic) bond motifs is 2. The molecule has 0 unspecified atom stereocenters. The van der Waals surface area contributed by atoms with Crippen molar-refractivity contribution in [2.24, 2.45) is 10.9 Å². The maximum Gasteiger partial charge on any atom is 0.261 e. The highest BCUT2D eigenvalue weighted by atomic mass is 16.3. The molecule has 1 aliphatic heterocycles. The molecule has 0 saturated carbocycles. The monoisotopic (exact) mass is 269 g/mol. The second-order valence-corrected chi connectivity index (χ2v) is 4.65. The van der Waals surface area contributed by atoms with Crippen LogP contribution in [0, 0.1) is 6.92 Å². The maximum atomic E-state index is 12.1. The molecule has 7 nitrogen and oxygen atoms in total. The smallest absolute Gasteiger partial charge is 0.261 e. The van der Waals surface area contributed by atoms with Crippen molar-refractivity contribution in [1.82, 2.24) is 14.4 Å².